The number of nitrogens with two attached hydrogens (primary N) is 1. The number of aliphatic hydroxyl groups excluding tert-OH is 4. The number of anilines is 1. The lowest BCUT2D eigenvalue weighted by Crippen LogP contribution is -2.51. The zero-order chi connectivity index (χ0) is 53.7. The molecule has 2 aliphatic rings. The van der Waals surface area contributed by atoms with Crippen LogP contribution in [0.2, 0.25) is 0 Å². The molecule has 2 saturated heterocycles. The average Bonchev–Trinajstić information content (AvgIpc) is 3.33. The molecule has 0 aliphatic carbocycles. The normalized spacial score (nSPS) is 29.5. The fourth-order valence-corrected chi connectivity index (χ4v) is 10.5. The van der Waals surface area contributed by atoms with Crippen molar-refractivity contribution in [2.75, 3.05) is 25.6 Å². The first kappa shape index (κ1) is 63.9. The first-order valence-electron chi connectivity index (χ1n) is 26.1. The highest BCUT2D eigenvalue weighted by Gasteiger charge is 2.45. The Morgan fingerprint density at radius 3 is 2.19 bits per heavy atom. The predicted octanol–water partition coefficient (Wildman–Crippen LogP) is 7.37. The summed E-state index contributed by atoms with van der Waals surface area (Å²) in [6, 6.07) is 1.24. The van der Waals surface area contributed by atoms with Gasteiger partial charge in [-0.3, -0.25) is 28.0 Å². The van der Waals surface area contributed by atoms with Crippen molar-refractivity contribution >= 4 is 39.2 Å². The number of aromatic nitrogens is 2. The number of nitrogen functional groups attached to an aromatic ring is 1. The summed E-state index contributed by atoms with van der Waals surface area (Å²) in [7, 11) is -11.3. The molecular formula is C50H83N3O18P2. The maximum absolute atomic E-state index is 14.0. The standard InChI is InChI=1S/C50H83N3O18P2/c1-3-5-7-8-9-10-11-12-13-14-15-16-17-18-24-28-46(58)69-38-34-66-45(57)27-23-20-19-22-26-40-42(56)33-41(55)39(30-29-37(54)25-21-6-4-2)47(59)48(60)43(36-68-73(64,65)71-72(62,63)67-35-38)70-49(40)53-32-31-44(51)52-50(53)61/h9-10,12-13,29-32,37-40,42-43,47-49,54,56,59-60H,3-8,11,14-28,33-36H2,1-2H3,(H,62,63)(H,64,65)(H2,51,52,61)/b10-9-,13-12-,30-29+/t37-,38+,39-,40-,42-,43+,47-,48+,49+/m0/s1. The molecule has 8 N–H and O–H groups in total. The van der Waals surface area contributed by atoms with Crippen LogP contribution >= 0.6 is 15.6 Å². The van der Waals surface area contributed by atoms with Gasteiger partial charge >= 0.3 is 33.3 Å². The van der Waals surface area contributed by atoms with Gasteiger partial charge in [0.2, 0.25) is 0 Å². The van der Waals surface area contributed by atoms with Crippen LogP contribution in [0.1, 0.15) is 168 Å². The fourth-order valence-electron chi connectivity index (χ4n) is 8.43. The van der Waals surface area contributed by atoms with Gasteiger partial charge in [0.05, 0.1) is 37.4 Å². The molecule has 11 atom stereocenters. The first-order valence-corrected chi connectivity index (χ1v) is 29.1. The number of fused-ring (bicyclic) bond motifs is 3. The van der Waals surface area contributed by atoms with E-state index in [-0.39, 0.29) is 25.1 Å². The summed E-state index contributed by atoms with van der Waals surface area (Å²) in [5.41, 5.74) is 4.78. The van der Waals surface area contributed by atoms with E-state index in [4.69, 9.17) is 29.0 Å². The van der Waals surface area contributed by atoms with E-state index in [1.54, 1.807) is 0 Å². The van der Waals surface area contributed by atoms with Crippen molar-refractivity contribution in [3.8, 4) is 0 Å². The highest BCUT2D eigenvalue weighted by atomic mass is 31.3. The molecule has 0 spiro atoms. The van der Waals surface area contributed by atoms with Crippen molar-refractivity contribution < 1.29 is 81.3 Å². The lowest BCUT2D eigenvalue weighted by molar-refractivity contribution is -0.188. The van der Waals surface area contributed by atoms with Gasteiger partial charge in [0, 0.05) is 31.4 Å². The number of rotatable bonds is 22. The summed E-state index contributed by atoms with van der Waals surface area (Å²) in [6.07, 6.45) is 14.8. The molecule has 2 unspecified atom stereocenters. The minimum Gasteiger partial charge on any atom is -0.462 e. The van der Waals surface area contributed by atoms with Gasteiger partial charge in [-0.2, -0.15) is 9.29 Å². The SMILES string of the molecule is CCCCC/C=C\C/C=C\CCCCCCCC(=O)O[C@@H]1COC(=O)CCCCCC[C@@H]2[C@H](n3ccc(N)nc3=O)O[C@H](COP(=O)(O)OP(=O)(O)OC1)[C@@H](O)[C@@H](O)[C@@H](/C=C/[C@@H](O)CCCCC)C(=O)C[C@@H]2O. The summed E-state index contributed by atoms with van der Waals surface area (Å²) in [5.74, 6) is -5.07. The predicted molar refractivity (Wildman–Crippen MR) is 271 cm³/mol. The van der Waals surface area contributed by atoms with Gasteiger partial charge in [0.1, 0.15) is 36.6 Å². The van der Waals surface area contributed by atoms with E-state index in [1.165, 1.54) is 43.7 Å². The van der Waals surface area contributed by atoms with Crippen LogP contribution in [0.3, 0.4) is 0 Å². The second-order valence-electron chi connectivity index (χ2n) is 18.8. The number of aliphatic hydroxyl groups is 4. The number of allylic oxidation sites excluding steroid dienone is 4. The smallest absolute Gasteiger partial charge is 0.462 e. The van der Waals surface area contributed by atoms with Crippen molar-refractivity contribution in [3.05, 3.63) is 59.2 Å². The lowest BCUT2D eigenvalue weighted by atomic mass is 9.83. The van der Waals surface area contributed by atoms with Crippen molar-refractivity contribution in [2.45, 2.75) is 204 Å². The summed E-state index contributed by atoms with van der Waals surface area (Å²) in [6.45, 7) is 1.43. The second-order valence-corrected chi connectivity index (χ2v) is 21.8. The van der Waals surface area contributed by atoms with Crippen LogP contribution in [0.15, 0.2) is 53.5 Å². The van der Waals surface area contributed by atoms with Gasteiger partial charge < -0.3 is 50.2 Å². The molecule has 0 saturated carbocycles. The molecular weight excluding hydrogens is 993 g/mol. The van der Waals surface area contributed by atoms with Gasteiger partial charge in [-0.1, -0.05) is 121 Å². The van der Waals surface area contributed by atoms with Gasteiger partial charge in [0.15, 0.2) is 6.10 Å². The lowest BCUT2D eigenvalue weighted by Gasteiger charge is -2.39. The molecule has 1 aromatic heterocycles. The topological polar surface area (TPSA) is 323 Å². The third kappa shape index (κ3) is 25.8. The second kappa shape index (κ2) is 35.0. The van der Waals surface area contributed by atoms with E-state index >= 15 is 0 Å². The molecule has 2 aliphatic heterocycles. The first-order chi connectivity index (χ1) is 34.9. The number of ketones is 1. The van der Waals surface area contributed by atoms with Gasteiger partial charge in [-0.15, -0.1) is 0 Å². The molecule has 73 heavy (non-hydrogen) atoms. The number of unbranched alkanes of at least 4 members (excludes halogenated alkanes) is 10. The number of Topliss-reactive ketones (excluding diaryl/α,β-unsaturated/α-hetero) is 1. The van der Waals surface area contributed by atoms with Gasteiger partial charge in [-0.25, -0.2) is 13.9 Å². The Bertz CT molecular complexity index is 2040. The summed E-state index contributed by atoms with van der Waals surface area (Å²) in [5, 5.41) is 45.8. The third-order valence-electron chi connectivity index (χ3n) is 12.6. The number of phosphoric acid groups is 2. The number of esters is 2. The maximum atomic E-state index is 14.0. The number of carbonyl (C=O) groups is 3. The molecule has 1 aromatic rings. The van der Waals surface area contributed by atoms with E-state index in [0.29, 0.717) is 44.9 Å². The minimum absolute atomic E-state index is 0.0138. The third-order valence-corrected chi connectivity index (χ3v) is 15.2. The Kier molecular flexibility index (Phi) is 30.6. The van der Waals surface area contributed by atoms with Crippen molar-refractivity contribution in [3.63, 3.8) is 0 Å². The highest BCUT2D eigenvalue weighted by molar-refractivity contribution is 7.61. The Hall–Kier alpha value is -3.43. The molecule has 2 bridgehead atoms. The Balaban J connectivity index is 1.80. The molecule has 0 radical (unpaired) electrons. The summed E-state index contributed by atoms with van der Waals surface area (Å²) < 4.78 is 59.1. The molecule has 416 valence electrons. The number of carbonyl (C=O) groups excluding carboxylic acids is 3. The molecule has 0 amide bonds. The van der Waals surface area contributed by atoms with Gasteiger partial charge in [0.25, 0.3) is 0 Å². The number of ether oxygens (including phenoxy) is 3. The van der Waals surface area contributed by atoms with Crippen LogP contribution in [-0.4, -0.2) is 114 Å². The number of nitrogens with zero attached hydrogens (tertiary/aromatic N) is 2. The van der Waals surface area contributed by atoms with Crippen LogP contribution in [0, 0.1) is 11.8 Å². The number of phosphoric ester groups is 2. The zero-order valence-electron chi connectivity index (χ0n) is 42.6. The minimum atomic E-state index is -5.72. The van der Waals surface area contributed by atoms with E-state index in [0.717, 1.165) is 62.4 Å². The summed E-state index contributed by atoms with van der Waals surface area (Å²) in [4.78, 5) is 78.2. The van der Waals surface area contributed by atoms with E-state index in [1.807, 2.05) is 6.92 Å². The largest absolute Gasteiger partial charge is 0.481 e. The van der Waals surface area contributed by atoms with Crippen LogP contribution in [-0.2, 0) is 51.1 Å². The van der Waals surface area contributed by atoms with Crippen LogP contribution in [0.25, 0.3) is 0 Å². The van der Waals surface area contributed by atoms with E-state index in [9.17, 15) is 58.5 Å². The number of hydrogen-bond acceptors (Lipinski definition) is 18. The maximum Gasteiger partial charge on any atom is 0.481 e. The number of hydrogen-bond donors (Lipinski definition) is 7. The quantitative estimate of drug-likeness (QED) is 0.0258. The van der Waals surface area contributed by atoms with Crippen LogP contribution in [0.5, 0.6) is 0 Å². The zero-order valence-corrected chi connectivity index (χ0v) is 44.4. The van der Waals surface area contributed by atoms with Crippen molar-refractivity contribution in [1.29, 1.82) is 0 Å². The molecule has 3 heterocycles. The van der Waals surface area contributed by atoms with E-state index in [2.05, 4.69) is 40.5 Å². The Morgan fingerprint density at radius 2 is 1.49 bits per heavy atom. The van der Waals surface area contributed by atoms with Crippen molar-refractivity contribution in [1.82, 2.24) is 9.55 Å². The molecule has 3 rings (SSSR count). The highest BCUT2D eigenvalue weighted by Crippen LogP contribution is 2.60. The molecule has 21 nitrogen and oxygen atoms in total. The Labute approximate surface area is 429 Å². The van der Waals surface area contributed by atoms with Crippen molar-refractivity contribution in [2.24, 2.45) is 11.8 Å². The molecule has 2 fully saturated rings. The van der Waals surface area contributed by atoms with E-state index < -0.39 is 120 Å². The van der Waals surface area contributed by atoms with Crippen LogP contribution in [0.4, 0.5) is 5.82 Å². The fraction of sp³-hybridized carbons (Fsp3) is 0.740. The molecule has 23 heteroatoms. The Morgan fingerprint density at radius 1 is 0.849 bits per heavy atom. The number of cyclic esters (lactones) is 1. The average molecular weight is 1080 g/mol. The summed E-state index contributed by atoms with van der Waals surface area (Å²) >= 11 is 0. The van der Waals surface area contributed by atoms with Crippen LogP contribution < -0.4 is 11.4 Å². The molecule has 0 aromatic carbocycles. The monoisotopic (exact) mass is 1080 g/mol. The van der Waals surface area contributed by atoms with Gasteiger partial charge in [-0.05, 0) is 63.9 Å².